The minimum atomic E-state index is 0.269. The summed E-state index contributed by atoms with van der Waals surface area (Å²) in [6, 6.07) is 2.23. The van der Waals surface area contributed by atoms with Gasteiger partial charge < -0.3 is 10.1 Å². The summed E-state index contributed by atoms with van der Waals surface area (Å²) >= 11 is 7.87. The Morgan fingerprint density at radius 3 is 3.13 bits per heavy atom. The van der Waals surface area contributed by atoms with Crippen LogP contribution in [0, 0.1) is 0 Å². The highest BCUT2D eigenvalue weighted by Gasteiger charge is 2.28. The van der Waals surface area contributed by atoms with Crippen molar-refractivity contribution in [3.63, 3.8) is 0 Å². The standard InChI is InChI=1S/C11H16ClNOS/c1-2-13-10(9-4-3-6-14-9)11-8(12)5-7-15-11/h5,7,9-10,13H,2-4,6H2,1H3. The Morgan fingerprint density at radius 2 is 2.60 bits per heavy atom. The first-order valence-electron chi connectivity index (χ1n) is 5.40. The highest BCUT2D eigenvalue weighted by Crippen LogP contribution is 2.34. The third-order valence-corrected chi connectivity index (χ3v) is 4.13. The number of rotatable bonds is 4. The van der Waals surface area contributed by atoms with E-state index in [1.54, 1.807) is 11.3 Å². The van der Waals surface area contributed by atoms with Crippen LogP contribution in [0.5, 0.6) is 0 Å². The molecule has 1 aliphatic rings. The van der Waals surface area contributed by atoms with Gasteiger partial charge in [0.25, 0.3) is 0 Å². The van der Waals surface area contributed by atoms with Gasteiger partial charge in [-0.3, -0.25) is 0 Å². The quantitative estimate of drug-likeness (QED) is 0.880. The van der Waals surface area contributed by atoms with Gasteiger partial charge in [-0.05, 0) is 30.8 Å². The molecule has 0 aliphatic carbocycles. The summed E-state index contributed by atoms with van der Waals surface area (Å²) in [5.74, 6) is 0. The van der Waals surface area contributed by atoms with Gasteiger partial charge in [0.15, 0.2) is 0 Å². The average Bonchev–Trinajstić information content (AvgIpc) is 2.85. The summed E-state index contributed by atoms with van der Waals surface area (Å²) in [5, 5.41) is 6.37. The molecule has 1 fully saturated rings. The largest absolute Gasteiger partial charge is 0.376 e. The van der Waals surface area contributed by atoms with Crippen LogP contribution < -0.4 is 5.32 Å². The van der Waals surface area contributed by atoms with Gasteiger partial charge in [-0.1, -0.05) is 18.5 Å². The molecule has 2 unspecified atom stereocenters. The maximum Gasteiger partial charge on any atom is 0.0779 e. The van der Waals surface area contributed by atoms with Gasteiger partial charge in [0.2, 0.25) is 0 Å². The van der Waals surface area contributed by atoms with Crippen molar-refractivity contribution in [3.05, 3.63) is 21.3 Å². The summed E-state index contributed by atoms with van der Waals surface area (Å²) in [6.45, 7) is 3.94. The fourth-order valence-corrected chi connectivity index (χ4v) is 3.31. The van der Waals surface area contributed by atoms with Gasteiger partial charge >= 0.3 is 0 Å². The highest BCUT2D eigenvalue weighted by atomic mass is 35.5. The van der Waals surface area contributed by atoms with Crippen molar-refractivity contribution in [2.75, 3.05) is 13.2 Å². The minimum Gasteiger partial charge on any atom is -0.376 e. The van der Waals surface area contributed by atoms with Gasteiger partial charge in [0.1, 0.15) is 0 Å². The summed E-state index contributed by atoms with van der Waals surface area (Å²) in [4.78, 5) is 1.21. The first-order valence-corrected chi connectivity index (χ1v) is 6.66. The van der Waals surface area contributed by atoms with Crippen LogP contribution in [-0.2, 0) is 4.74 Å². The Balaban J connectivity index is 2.15. The van der Waals surface area contributed by atoms with E-state index in [2.05, 4.69) is 12.2 Å². The number of likely N-dealkylation sites (N-methyl/N-ethyl adjacent to an activating group) is 1. The topological polar surface area (TPSA) is 21.3 Å². The number of halogens is 1. The molecule has 84 valence electrons. The van der Waals surface area contributed by atoms with Gasteiger partial charge in [0, 0.05) is 11.5 Å². The van der Waals surface area contributed by atoms with E-state index in [0.29, 0.717) is 6.10 Å². The number of thiophene rings is 1. The van der Waals surface area contributed by atoms with Gasteiger partial charge in [-0.15, -0.1) is 11.3 Å². The first kappa shape index (κ1) is 11.4. The van der Waals surface area contributed by atoms with Crippen molar-refractivity contribution < 1.29 is 4.74 Å². The summed E-state index contributed by atoms with van der Waals surface area (Å²) in [7, 11) is 0. The maximum atomic E-state index is 6.16. The molecule has 1 aromatic rings. The van der Waals surface area contributed by atoms with E-state index in [1.165, 1.54) is 4.88 Å². The third-order valence-electron chi connectivity index (χ3n) is 2.69. The minimum absolute atomic E-state index is 0.269. The number of nitrogens with one attached hydrogen (secondary N) is 1. The Kier molecular flexibility index (Phi) is 4.03. The predicted octanol–water partition coefficient (Wildman–Crippen LogP) is 3.23. The van der Waals surface area contributed by atoms with Crippen LogP contribution in [0.3, 0.4) is 0 Å². The summed E-state index contributed by atoms with van der Waals surface area (Å²) in [6.07, 6.45) is 2.59. The lowest BCUT2D eigenvalue weighted by Crippen LogP contribution is -2.31. The molecular formula is C11H16ClNOS. The smallest absolute Gasteiger partial charge is 0.0779 e. The maximum absolute atomic E-state index is 6.16. The number of hydrogen-bond acceptors (Lipinski definition) is 3. The molecule has 0 saturated carbocycles. The molecule has 2 atom stereocenters. The molecule has 2 heterocycles. The van der Waals surface area contributed by atoms with Crippen LogP contribution in [0.1, 0.15) is 30.7 Å². The zero-order valence-corrected chi connectivity index (χ0v) is 10.4. The van der Waals surface area contributed by atoms with E-state index in [1.807, 2.05) is 11.4 Å². The second-order valence-corrected chi connectivity index (χ2v) is 5.07. The molecule has 1 N–H and O–H groups in total. The van der Waals surface area contributed by atoms with Crippen LogP contribution >= 0.6 is 22.9 Å². The van der Waals surface area contributed by atoms with E-state index >= 15 is 0 Å². The first-order chi connectivity index (χ1) is 7.33. The van der Waals surface area contributed by atoms with E-state index in [-0.39, 0.29) is 6.04 Å². The van der Waals surface area contributed by atoms with Gasteiger partial charge in [-0.2, -0.15) is 0 Å². The van der Waals surface area contributed by atoms with Crippen LogP contribution in [0.2, 0.25) is 5.02 Å². The average molecular weight is 246 g/mol. The van der Waals surface area contributed by atoms with Crippen molar-refractivity contribution in [1.82, 2.24) is 5.32 Å². The van der Waals surface area contributed by atoms with Crippen molar-refractivity contribution in [3.8, 4) is 0 Å². The third kappa shape index (κ3) is 2.53. The lowest BCUT2D eigenvalue weighted by atomic mass is 10.1. The fourth-order valence-electron chi connectivity index (χ4n) is 2.01. The molecule has 15 heavy (non-hydrogen) atoms. The van der Waals surface area contributed by atoms with E-state index in [0.717, 1.165) is 31.0 Å². The SMILES string of the molecule is CCNC(c1sccc1Cl)C1CCCO1. The monoisotopic (exact) mass is 245 g/mol. The van der Waals surface area contributed by atoms with Crippen molar-refractivity contribution in [2.24, 2.45) is 0 Å². The predicted molar refractivity (Wildman–Crippen MR) is 64.7 cm³/mol. The van der Waals surface area contributed by atoms with E-state index < -0.39 is 0 Å². The van der Waals surface area contributed by atoms with E-state index in [9.17, 15) is 0 Å². The van der Waals surface area contributed by atoms with Crippen LogP contribution in [0.25, 0.3) is 0 Å². The molecule has 2 nitrogen and oxygen atoms in total. The molecule has 1 aromatic heterocycles. The second-order valence-electron chi connectivity index (χ2n) is 3.72. The van der Waals surface area contributed by atoms with Crippen LogP contribution in [-0.4, -0.2) is 19.3 Å². The molecule has 2 rings (SSSR count). The van der Waals surface area contributed by atoms with Crippen LogP contribution in [0.4, 0.5) is 0 Å². The van der Waals surface area contributed by atoms with Crippen molar-refractivity contribution >= 4 is 22.9 Å². The Morgan fingerprint density at radius 1 is 1.73 bits per heavy atom. The number of hydrogen-bond donors (Lipinski definition) is 1. The fraction of sp³-hybridized carbons (Fsp3) is 0.636. The normalized spacial score (nSPS) is 23.2. The molecule has 0 aromatic carbocycles. The van der Waals surface area contributed by atoms with Crippen LogP contribution in [0.15, 0.2) is 11.4 Å². The van der Waals surface area contributed by atoms with E-state index in [4.69, 9.17) is 16.3 Å². The molecular weight excluding hydrogens is 230 g/mol. The molecule has 0 spiro atoms. The van der Waals surface area contributed by atoms with Gasteiger partial charge in [-0.25, -0.2) is 0 Å². The zero-order valence-electron chi connectivity index (χ0n) is 8.83. The Labute approximate surface area is 99.6 Å². The molecule has 0 amide bonds. The lowest BCUT2D eigenvalue weighted by molar-refractivity contribution is 0.0799. The molecule has 0 radical (unpaired) electrons. The lowest BCUT2D eigenvalue weighted by Gasteiger charge is -2.23. The Bertz CT molecular complexity index is 309. The second kappa shape index (κ2) is 5.30. The molecule has 4 heteroatoms. The Hall–Kier alpha value is -0.0900. The zero-order chi connectivity index (χ0) is 10.7. The highest BCUT2D eigenvalue weighted by molar-refractivity contribution is 7.10. The van der Waals surface area contributed by atoms with Gasteiger partial charge in [0.05, 0.1) is 17.2 Å². The van der Waals surface area contributed by atoms with Crippen molar-refractivity contribution in [2.45, 2.75) is 31.9 Å². The molecule has 1 aliphatic heterocycles. The number of ether oxygens (including phenoxy) is 1. The summed E-state index contributed by atoms with van der Waals surface area (Å²) < 4.78 is 5.73. The molecule has 0 bridgehead atoms. The van der Waals surface area contributed by atoms with Crippen molar-refractivity contribution in [1.29, 1.82) is 0 Å². The summed E-state index contributed by atoms with van der Waals surface area (Å²) in [5.41, 5.74) is 0. The molecule has 1 saturated heterocycles.